The van der Waals surface area contributed by atoms with Crippen LogP contribution in [0.4, 0.5) is 0 Å². The van der Waals surface area contributed by atoms with Crippen LogP contribution in [-0.4, -0.2) is 74.4 Å². The number of hydrogen-bond donors (Lipinski definition) is 3. The number of pyridine rings is 1. The Bertz CT molecular complexity index is 844. The lowest BCUT2D eigenvalue weighted by molar-refractivity contribution is -0.138. The predicted molar refractivity (Wildman–Crippen MR) is 122 cm³/mol. The lowest BCUT2D eigenvalue weighted by Gasteiger charge is -2.32. The minimum absolute atomic E-state index is 0.0689. The monoisotopic (exact) mass is 489 g/mol. The number of ether oxygens (including phenoxy) is 2. The lowest BCUT2D eigenvalue weighted by Crippen LogP contribution is -2.49. The van der Waals surface area contributed by atoms with E-state index in [-0.39, 0.29) is 31.7 Å². The molecule has 0 saturated carbocycles. The quantitative estimate of drug-likeness (QED) is 0.289. The zero-order valence-corrected chi connectivity index (χ0v) is 20.6. The second kappa shape index (κ2) is 15.3. The van der Waals surface area contributed by atoms with E-state index in [2.05, 4.69) is 29.5 Å². The van der Waals surface area contributed by atoms with Crippen molar-refractivity contribution >= 4 is 27.9 Å². The van der Waals surface area contributed by atoms with Crippen LogP contribution in [0.5, 0.6) is 0 Å². The van der Waals surface area contributed by atoms with Crippen LogP contribution in [0, 0.1) is 5.41 Å². The van der Waals surface area contributed by atoms with E-state index in [0.29, 0.717) is 0 Å². The van der Waals surface area contributed by atoms with Crippen molar-refractivity contribution < 1.29 is 36.8 Å². The molecule has 0 radical (unpaired) electrons. The number of carbonyl (C=O) groups is 3. The van der Waals surface area contributed by atoms with Gasteiger partial charge in [-0.1, -0.05) is 34.1 Å². The molecule has 1 aromatic rings. The van der Waals surface area contributed by atoms with Crippen molar-refractivity contribution in [1.29, 1.82) is 0 Å². The van der Waals surface area contributed by atoms with Gasteiger partial charge >= 0.3 is 5.97 Å². The zero-order chi connectivity index (χ0) is 25.5. The molecule has 11 nitrogen and oxygen atoms in total. The summed E-state index contributed by atoms with van der Waals surface area (Å²) >= 11 is 0. The molecular weight excluding hydrogens is 454 g/mol. The molecule has 0 fully saturated rings. The number of amides is 2. The fourth-order valence-electron chi connectivity index (χ4n) is 2.47. The van der Waals surface area contributed by atoms with Crippen LogP contribution >= 0.6 is 0 Å². The first-order valence-electron chi connectivity index (χ1n) is 10.5. The van der Waals surface area contributed by atoms with Gasteiger partial charge in [-0.15, -0.1) is 0 Å². The second-order valence-corrected chi connectivity index (χ2v) is 9.40. The van der Waals surface area contributed by atoms with Crippen LogP contribution in [0.1, 0.15) is 50.9 Å². The lowest BCUT2D eigenvalue weighted by atomic mass is 9.86. The highest BCUT2D eigenvalue weighted by Gasteiger charge is 2.39. The third-order valence-corrected chi connectivity index (χ3v) is 4.64. The first-order valence-corrected chi connectivity index (χ1v) is 12.1. The van der Waals surface area contributed by atoms with E-state index < -0.39 is 45.2 Å². The van der Waals surface area contributed by atoms with Gasteiger partial charge < -0.3 is 20.1 Å². The Balaban J connectivity index is 0.00000322. The maximum absolute atomic E-state index is 12.7. The van der Waals surface area contributed by atoms with Gasteiger partial charge in [0.25, 0.3) is 16.0 Å². The highest BCUT2D eigenvalue weighted by molar-refractivity contribution is 7.85. The maximum Gasteiger partial charge on any atom is 0.340 e. The molecule has 1 heterocycles. The molecule has 0 aromatic carbocycles. The number of methoxy groups -OCH3 is 1. The van der Waals surface area contributed by atoms with Gasteiger partial charge in [-0.05, 0) is 12.1 Å². The molecule has 33 heavy (non-hydrogen) atoms. The summed E-state index contributed by atoms with van der Waals surface area (Å²) in [6.07, 6.45) is 2.73. The Hall–Kier alpha value is -2.57. The number of rotatable bonds is 12. The average Bonchev–Trinajstić information content (AvgIpc) is 2.71. The van der Waals surface area contributed by atoms with Gasteiger partial charge in [0.05, 0.1) is 17.9 Å². The van der Waals surface area contributed by atoms with Crippen molar-refractivity contribution in [2.75, 3.05) is 32.6 Å². The molecule has 1 rings (SSSR count). The molecule has 2 amide bonds. The molecule has 0 unspecified atom stereocenters. The Kier molecular flexibility index (Phi) is 14.1. The summed E-state index contributed by atoms with van der Waals surface area (Å²) in [6, 6.07) is 3.07. The van der Waals surface area contributed by atoms with Crippen LogP contribution in [0.15, 0.2) is 24.5 Å². The van der Waals surface area contributed by atoms with Gasteiger partial charge in [0, 0.05) is 44.4 Å². The van der Waals surface area contributed by atoms with E-state index in [1.807, 2.05) is 0 Å². The highest BCUT2D eigenvalue weighted by Crippen LogP contribution is 2.25. The standard InChI is InChI=1S/C18H27N3O8S.C3H8/c1-18(2,12-28-3)15(29-17(24)13-5-4-7-19-11-13)16(23)21-8-6-14(22)20-9-10-30(25,26)27;1-3-2/h4-5,7,11,15H,6,8-10,12H2,1-3H3,(H,20,22)(H,21,23)(H,25,26,27);3H2,1-2H3/t15-;/m0./s1. The summed E-state index contributed by atoms with van der Waals surface area (Å²) < 4.78 is 40.4. The SMILES string of the molecule is CCC.COCC(C)(C)[C@@H](OC(=O)c1cccnc1)C(=O)NCCC(=O)NCCS(=O)(=O)O. The Morgan fingerprint density at radius 1 is 1.18 bits per heavy atom. The average molecular weight is 490 g/mol. The van der Waals surface area contributed by atoms with E-state index in [0.717, 1.165) is 0 Å². The number of hydrogen-bond acceptors (Lipinski definition) is 8. The Labute approximate surface area is 195 Å². The van der Waals surface area contributed by atoms with Crippen molar-refractivity contribution in [3.05, 3.63) is 30.1 Å². The summed E-state index contributed by atoms with van der Waals surface area (Å²) in [6.45, 7) is 7.44. The normalized spacial score (nSPS) is 12.1. The Morgan fingerprint density at radius 2 is 1.82 bits per heavy atom. The van der Waals surface area contributed by atoms with Crippen molar-refractivity contribution in [2.45, 2.75) is 46.6 Å². The molecule has 0 spiro atoms. The molecule has 1 aromatic heterocycles. The van der Waals surface area contributed by atoms with E-state index in [9.17, 15) is 22.8 Å². The minimum atomic E-state index is -4.17. The van der Waals surface area contributed by atoms with Crippen LogP contribution < -0.4 is 10.6 Å². The van der Waals surface area contributed by atoms with Gasteiger partial charge in [-0.3, -0.25) is 19.1 Å². The molecule has 0 saturated heterocycles. The van der Waals surface area contributed by atoms with Crippen LogP contribution in [0.25, 0.3) is 0 Å². The third-order valence-electron chi connectivity index (χ3n) is 3.92. The zero-order valence-electron chi connectivity index (χ0n) is 19.8. The number of aromatic nitrogens is 1. The fraction of sp³-hybridized carbons (Fsp3) is 0.619. The number of esters is 1. The van der Waals surface area contributed by atoms with Gasteiger partial charge in [0.1, 0.15) is 0 Å². The summed E-state index contributed by atoms with van der Waals surface area (Å²) in [5, 5.41) is 4.83. The molecule has 0 bridgehead atoms. The van der Waals surface area contributed by atoms with Crippen LogP contribution in [-0.2, 0) is 29.2 Å². The molecule has 188 valence electrons. The molecule has 1 atom stereocenters. The van der Waals surface area contributed by atoms with Gasteiger partial charge in [-0.25, -0.2) is 4.79 Å². The van der Waals surface area contributed by atoms with Crippen molar-refractivity contribution in [2.24, 2.45) is 5.41 Å². The van der Waals surface area contributed by atoms with E-state index in [1.54, 1.807) is 19.9 Å². The molecule has 0 aliphatic heterocycles. The molecular formula is C21H35N3O8S. The van der Waals surface area contributed by atoms with Gasteiger partial charge in [-0.2, -0.15) is 8.42 Å². The first kappa shape index (κ1) is 30.4. The largest absolute Gasteiger partial charge is 0.448 e. The number of nitrogens with one attached hydrogen (secondary N) is 2. The molecule has 3 N–H and O–H groups in total. The topological polar surface area (TPSA) is 161 Å². The van der Waals surface area contributed by atoms with E-state index in [1.165, 1.54) is 32.0 Å². The summed E-state index contributed by atoms with van der Waals surface area (Å²) in [5.74, 6) is -2.46. The summed E-state index contributed by atoms with van der Waals surface area (Å²) in [5.41, 5.74) is -0.684. The number of carbonyl (C=O) groups excluding carboxylic acids is 3. The first-order chi connectivity index (χ1) is 15.4. The van der Waals surface area contributed by atoms with E-state index >= 15 is 0 Å². The third kappa shape index (κ3) is 13.5. The van der Waals surface area contributed by atoms with Crippen molar-refractivity contribution in [3.8, 4) is 0 Å². The molecule has 0 aliphatic rings. The van der Waals surface area contributed by atoms with Gasteiger partial charge in [0.2, 0.25) is 5.91 Å². The Morgan fingerprint density at radius 3 is 2.33 bits per heavy atom. The predicted octanol–water partition coefficient (Wildman–Crippen LogP) is 1.21. The summed E-state index contributed by atoms with van der Waals surface area (Å²) in [7, 11) is -2.72. The maximum atomic E-state index is 12.7. The molecule has 0 aliphatic carbocycles. The van der Waals surface area contributed by atoms with Crippen LogP contribution in [0.2, 0.25) is 0 Å². The van der Waals surface area contributed by atoms with Crippen molar-refractivity contribution in [1.82, 2.24) is 15.6 Å². The second-order valence-electron chi connectivity index (χ2n) is 7.83. The summed E-state index contributed by atoms with van der Waals surface area (Å²) in [4.78, 5) is 40.6. The van der Waals surface area contributed by atoms with E-state index in [4.69, 9.17) is 14.0 Å². The number of nitrogens with zero attached hydrogens (tertiary/aromatic N) is 1. The smallest absolute Gasteiger partial charge is 0.340 e. The van der Waals surface area contributed by atoms with Crippen molar-refractivity contribution in [3.63, 3.8) is 0 Å². The van der Waals surface area contributed by atoms with Crippen LogP contribution in [0.3, 0.4) is 0 Å². The van der Waals surface area contributed by atoms with Gasteiger partial charge in [0.15, 0.2) is 6.10 Å². The fourth-order valence-corrected chi connectivity index (χ4v) is 2.83. The molecule has 12 heteroatoms. The minimum Gasteiger partial charge on any atom is -0.448 e. The highest BCUT2D eigenvalue weighted by atomic mass is 32.2.